The highest BCUT2D eigenvalue weighted by Gasteiger charge is 2.47. The first-order chi connectivity index (χ1) is 13.0. The van der Waals surface area contributed by atoms with E-state index in [1.54, 1.807) is 0 Å². The van der Waals surface area contributed by atoms with Crippen LogP contribution in [-0.4, -0.2) is 40.2 Å². The Hall–Kier alpha value is -2.15. The van der Waals surface area contributed by atoms with Crippen LogP contribution in [0.1, 0.15) is 61.6 Å². The fourth-order valence-electron chi connectivity index (χ4n) is 4.31. The number of fused-ring (bicyclic) bond motifs is 1. The normalized spacial score (nSPS) is 23.2. The Bertz CT molecular complexity index is 892. The molecule has 0 spiro atoms. The van der Waals surface area contributed by atoms with Gasteiger partial charge in [0.1, 0.15) is 17.9 Å². The van der Waals surface area contributed by atoms with Gasteiger partial charge >= 0.3 is 0 Å². The number of aromatic nitrogens is 2. The number of nitrogens with one attached hydrogen (secondary N) is 2. The van der Waals surface area contributed by atoms with E-state index in [0.717, 1.165) is 25.7 Å². The summed E-state index contributed by atoms with van der Waals surface area (Å²) < 4.78 is 11.4. The molecule has 3 aliphatic rings. The Labute approximate surface area is 158 Å². The lowest BCUT2D eigenvalue weighted by Crippen LogP contribution is -2.53. The van der Waals surface area contributed by atoms with Gasteiger partial charge in [-0.15, -0.1) is 0 Å². The summed E-state index contributed by atoms with van der Waals surface area (Å²) in [6.07, 6.45) is 7.80. The summed E-state index contributed by atoms with van der Waals surface area (Å²) in [5.74, 6) is 1.75. The molecule has 2 aromatic heterocycles. The molecular formula is C20H26N4O3. The number of amides is 1. The molecule has 0 atom stereocenters. The summed E-state index contributed by atoms with van der Waals surface area (Å²) in [5, 5.41) is 7.55. The molecule has 144 valence electrons. The van der Waals surface area contributed by atoms with Crippen molar-refractivity contribution in [1.29, 1.82) is 0 Å². The smallest absolute Gasteiger partial charge is 0.256 e. The highest BCUT2D eigenvalue weighted by Crippen LogP contribution is 2.45. The van der Waals surface area contributed by atoms with Crippen LogP contribution in [0, 0.1) is 12.8 Å². The van der Waals surface area contributed by atoms with Crippen molar-refractivity contribution in [2.45, 2.75) is 63.5 Å². The lowest BCUT2D eigenvalue weighted by Gasteiger charge is -2.38. The van der Waals surface area contributed by atoms with Crippen LogP contribution in [0.15, 0.2) is 10.7 Å². The molecule has 5 rings (SSSR count). The first-order valence-electron chi connectivity index (χ1n) is 9.92. The Morgan fingerprint density at radius 1 is 1.19 bits per heavy atom. The molecule has 3 fully saturated rings. The van der Waals surface area contributed by atoms with E-state index < -0.39 is 0 Å². The lowest BCUT2D eigenvalue weighted by molar-refractivity contribution is 0.0276. The Morgan fingerprint density at radius 2 is 1.93 bits per heavy atom. The molecule has 0 bridgehead atoms. The quantitative estimate of drug-likeness (QED) is 0.840. The molecule has 2 N–H and O–H groups in total. The van der Waals surface area contributed by atoms with Crippen molar-refractivity contribution in [2.75, 3.05) is 18.5 Å². The molecule has 2 aliphatic carbocycles. The summed E-state index contributed by atoms with van der Waals surface area (Å²) >= 11 is 0. The van der Waals surface area contributed by atoms with Crippen molar-refractivity contribution >= 4 is 22.8 Å². The van der Waals surface area contributed by atoms with E-state index in [1.807, 2.05) is 6.92 Å². The van der Waals surface area contributed by atoms with E-state index in [4.69, 9.17) is 9.15 Å². The van der Waals surface area contributed by atoms with Gasteiger partial charge in [-0.3, -0.25) is 4.79 Å². The van der Waals surface area contributed by atoms with Gasteiger partial charge in [0.25, 0.3) is 5.91 Å². The van der Waals surface area contributed by atoms with Gasteiger partial charge < -0.3 is 19.8 Å². The van der Waals surface area contributed by atoms with Gasteiger partial charge in [-0.25, -0.2) is 9.97 Å². The zero-order chi connectivity index (χ0) is 18.6. The summed E-state index contributed by atoms with van der Waals surface area (Å²) in [6, 6.07) is 0. The van der Waals surface area contributed by atoms with E-state index >= 15 is 0 Å². The molecule has 0 radical (unpaired) electrons. The van der Waals surface area contributed by atoms with Gasteiger partial charge in [0.2, 0.25) is 5.71 Å². The first-order valence-corrected chi connectivity index (χ1v) is 9.92. The topological polar surface area (TPSA) is 89.3 Å². The zero-order valence-electron chi connectivity index (χ0n) is 15.9. The summed E-state index contributed by atoms with van der Waals surface area (Å²) in [7, 11) is 0. The third kappa shape index (κ3) is 2.98. The molecule has 2 saturated carbocycles. The van der Waals surface area contributed by atoms with Crippen LogP contribution < -0.4 is 10.6 Å². The second kappa shape index (κ2) is 5.92. The Morgan fingerprint density at radius 3 is 2.59 bits per heavy atom. The first kappa shape index (κ1) is 17.0. The van der Waals surface area contributed by atoms with Crippen LogP contribution in [0.2, 0.25) is 0 Å². The van der Waals surface area contributed by atoms with Crippen LogP contribution in [0.4, 0.5) is 5.82 Å². The molecule has 3 heterocycles. The van der Waals surface area contributed by atoms with Crippen LogP contribution >= 0.6 is 0 Å². The van der Waals surface area contributed by atoms with Crippen molar-refractivity contribution in [3.05, 3.63) is 17.7 Å². The maximum atomic E-state index is 13.4. The summed E-state index contributed by atoms with van der Waals surface area (Å²) in [6.45, 7) is 5.40. The van der Waals surface area contributed by atoms with E-state index in [0.29, 0.717) is 47.4 Å². The van der Waals surface area contributed by atoms with Crippen molar-refractivity contribution in [3.8, 4) is 0 Å². The van der Waals surface area contributed by atoms with Gasteiger partial charge in [0.15, 0.2) is 0 Å². The van der Waals surface area contributed by atoms with Crippen molar-refractivity contribution < 1.29 is 13.9 Å². The van der Waals surface area contributed by atoms with E-state index in [1.165, 1.54) is 19.2 Å². The van der Waals surface area contributed by atoms with Crippen molar-refractivity contribution in [2.24, 2.45) is 5.92 Å². The number of carbonyl (C=O) groups excluding carboxylic acids is 1. The number of ether oxygens (including phenoxy) is 1. The third-order valence-corrected chi connectivity index (χ3v) is 6.42. The minimum Gasteiger partial charge on any atom is -0.442 e. The van der Waals surface area contributed by atoms with Gasteiger partial charge in [-0.05, 0) is 58.3 Å². The highest BCUT2D eigenvalue weighted by atomic mass is 16.5. The van der Waals surface area contributed by atoms with E-state index in [2.05, 4.69) is 27.5 Å². The fraction of sp³-hybridized carbons (Fsp3) is 0.650. The molecule has 2 aromatic rings. The molecule has 1 saturated heterocycles. The molecule has 27 heavy (non-hydrogen) atoms. The van der Waals surface area contributed by atoms with Crippen molar-refractivity contribution in [1.82, 2.24) is 15.3 Å². The van der Waals surface area contributed by atoms with Crippen LogP contribution in [0.25, 0.3) is 11.1 Å². The predicted octanol–water partition coefficient (Wildman–Crippen LogP) is 3.18. The Balaban J connectivity index is 1.51. The number of carbonyl (C=O) groups is 1. The van der Waals surface area contributed by atoms with Gasteiger partial charge in [0, 0.05) is 24.3 Å². The number of hydrogen-bond acceptors (Lipinski definition) is 6. The zero-order valence-corrected chi connectivity index (χ0v) is 15.9. The van der Waals surface area contributed by atoms with Gasteiger partial charge in [-0.1, -0.05) is 0 Å². The van der Waals surface area contributed by atoms with Crippen LogP contribution in [0.5, 0.6) is 0 Å². The number of rotatable bonds is 5. The maximum absolute atomic E-state index is 13.4. The standard InChI is InChI=1S/C20H26N4O3/c1-12-14(17(25)24-20(13-3-4-13)7-9-26-10-8-20)15-16(23-19(2)5-6-19)21-11-22-18(15)27-12/h11,13H,3-10H2,1-2H3,(H,24,25)(H,21,22,23). The molecular weight excluding hydrogens is 344 g/mol. The molecule has 7 heteroatoms. The van der Waals surface area contributed by atoms with Gasteiger partial charge in [0.05, 0.1) is 10.9 Å². The number of anilines is 1. The van der Waals surface area contributed by atoms with Crippen LogP contribution in [-0.2, 0) is 4.74 Å². The summed E-state index contributed by atoms with van der Waals surface area (Å²) in [4.78, 5) is 22.1. The average Bonchev–Trinajstić information content (AvgIpc) is 3.56. The van der Waals surface area contributed by atoms with Gasteiger partial charge in [-0.2, -0.15) is 0 Å². The molecule has 7 nitrogen and oxygen atoms in total. The van der Waals surface area contributed by atoms with E-state index in [-0.39, 0.29) is 17.0 Å². The number of furan rings is 1. The molecule has 0 unspecified atom stereocenters. The minimum atomic E-state index is -0.156. The highest BCUT2D eigenvalue weighted by molar-refractivity contribution is 6.10. The second-order valence-corrected chi connectivity index (χ2v) is 8.62. The lowest BCUT2D eigenvalue weighted by atomic mass is 9.84. The SMILES string of the molecule is Cc1oc2ncnc(NC3(C)CC3)c2c1C(=O)NC1(C2CC2)CCOCC1. The van der Waals surface area contributed by atoms with E-state index in [9.17, 15) is 4.79 Å². The van der Waals surface area contributed by atoms with Crippen molar-refractivity contribution in [3.63, 3.8) is 0 Å². The average molecular weight is 370 g/mol. The molecule has 1 amide bonds. The fourth-order valence-corrected chi connectivity index (χ4v) is 4.31. The summed E-state index contributed by atoms with van der Waals surface area (Å²) in [5.41, 5.74) is 0.920. The second-order valence-electron chi connectivity index (χ2n) is 8.62. The Kier molecular flexibility index (Phi) is 3.73. The number of aryl methyl sites for hydroxylation is 1. The monoisotopic (exact) mass is 370 g/mol. The molecule has 1 aliphatic heterocycles. The maximum Gasteiger partial charge on any atom is 0.256 e. The number of nitrogens with zero attached hydrogens (tertiary/aromatic N) is 2. The minimum absolute atomic E-state index is 0.0517. The predicted molar refractivity (Wildman–Crippen MR) is 101 cm³/mol. The van der Waals surface area contributed by atoms with Crippen LogP contribution in [0.3, 0.4) is 0 Å². The number of hydrogen-bond donors (Lipinski definition) is 2. The third-order valence-electron chi connectivity index (χ3n) is 6.42. The largest absolute Gasteiger partial charge is 0.442 e. The molecule has 0 aromatic carbocycles.